The summed E-state index contributed by atoms with van der Waals surface area (Å²) >= 11 is 5.86. The molecule has 0 aliphatic rings. The van der Waals surface area contributed by atoms with Crippen LogP contribution in [0.2, 0.25) is 5.02 Å². The predicted octanol–water partition coefficient (Wildman–Crippen LogP) is 3.06. The lowest BCUT2D eigenvalue weighted by Crippen LogP contribution is -2.45. The van der Waals surface area contributed by atoms with Gasteiger partial charge >= 0.3 is 6.18 Å². The average molecular weight is 309 g/mol. The molecule has 1 amide bonds. The highest BCUT2D eigenvalue weighted by atomic mass is 35.5. The molecule has 0 radical (unpaired) electrons. The number of halogens is 4. The van der Waals surface area contributed by atoms with Gasteiger partial charge in [-0.1, -0.05) is 23.7 Å². The van der Waals surface area contributed by atoms with Gasteiger partial charge in [0.05, 0.1) is 6.04 Å². The monoisotopic (exact) mass is 308 g/mol. The fourth-order valence-corrected chi connectivity index (χ4v) is 1.86. The summed E-state index contributed by atoms with van der Waals surface area (Å²) in [4.78, 5) is 11.5. The van der Waals surface area contributed by atoms with Crippen LogP contribution in [0.3, 0.4) is 0 Å². The molecule has 1 unspecified atom stereocenters. The van der Waals surface area contributed by atoms with Gasteiger partial charge in [0.2, 0.25) is 5.91 Å². The molecule has 1 aromatic rings. The van der Waals surface area contributed by atoms with Crippen molar-refractivity contribution in [2.75, 3.05) is 6.54 Å². The normalized spacial score (nSPS) is 14.7. The molecule has 20 heavy (non-hydrogen) atoms. The van der Waals surface area contributed by atoms with Crippen molar-refractivity contribution in [3.63, 3.8) is 0 Å². The molecule has 2 atom stereocenters. The summed E-state index contributed by atoms with van der Waals surface area (Å²) in [6.07, 6.45) is -4.41. The minimum Gasteiger partial charge on any atom is -0.346 e. The van der Waals surface area contributed by atoms with Crippen molar-refractivity contribution < 1.29 is 18.0 Å². The zero-order valence-electron chi connectivity index (χ0n) is 11.1. The molecule has 0 bridgehead atoms. The Hall–Kier alpha value is -1.27. The zero-order chi connectivity index (χ0) is 15.3. The molecule has 0 spiro atoms. The summed E-state index contributed by atoms with van der Waals surface area (Å²) in [5.41, 5.74) is 0.855. The third kappa shape index (κ3) is 5.79. The Morgan fingerprint density at radius 2 is 2.00 bits per heavy atom. The first-order valence-electron chi connectivity index (χ1n) is 6.05. The minimum absolute atomic E-state index is 0.208. The van der Waals surface area contributed by atoms with Crippen molar-refractivity contribution in [2.24, 2.45) is 0 Å². The number of alkyl halides is 3. The largest absolute Gasteiger partial charge is 0.405 e. The number of nitrogens with one attached hydrogen (secondary N) is 2. The average Bonchev–Trinajstić information content (AvgIpc) is 2.34. The molecule has 1 aromatic carbocycles. The summed E-state index contributed by atoms with van der Waals surface area (Å²) in [6.45, 7) is 1.98. The second kappa shape index (κ2) is 6.95. The van der Waals surface area contributed by atoms with Gasteiger partial charge in [0, 0.05) is 11.1 Å². The van der Waals surface area contributed by atoms with E-state index in [0.717, 1.165) is 5.56 Å². The lowest BCUT2D eigenvalue weighted by atomic mass is 10.1. The molecule has 7 heteroatoms. The first kappa shape index (κ1) is 16.8. The Morgan fingerprint density at radius 1 is 1.35 bits per heavy atom. The number of amides is 1. The molecule has 0 aliphatic carbocycles. The van der Waals surface area contributed by atoms with Crippen molar-refractivity contribution in [3.8, 4) is 0 Å². The van der Waals surface area contributed by atoms with E-state index in [1.807, 2.05) is 11.4 Å². The van der Waals surface area contributed by atoms with Gasteiger partial charge in [-0.25, -0.2) is 0 Å². The third-order valence-electron chi connectivity index (χ3n) is 2.71. The molecule has 0 saturated heterocycles. The summed E-state index contributed by atoms with van der Waals surface area (Å²) < 4.78 is 36.0. The van der Waals surface area contributed by atoms with Gasteiger partial charge < -0.3 is 5.32 Å². The van der Waals surface area contributed by atoms with Crippen molar-refractivity contribution >= 4 is 17.5 Å². The van der Waals surface area contributed by atoms with Gasteiger partial charge in [0.15, 0.2) is 0 Å². The van der Waals surface area contributed by atoms with Crippen molar-refractivity contribution in [2.45, 2.75) is 32.1 Å². The number of rotatable bonds is 5. The molecule has 112 valence electrons. The van der Waals surface area contributed by atoms with E-state index in [0.29, 0.717) is 5.02 Å². The van der Waals surface area contributed by atoms with Crippen molar-refractivity contribution in [1.82, 2.24) is 10.6 Å². The highest BCUT2D eigenvalue weighted by Crippen LogP contribution is 2.18. The van der Waals surface area contributed by atoms with Crippen molar-refractivity contribution in [1.29, 1.82) is 0 Å². The van der Waals surface area contributed by atoms with Crippen LogP contribution in [0.5, 0.6) is 0 Å². The molecular formula is C13H16ClF3N2O. The number of hydrogen-bond donors (Lipinski definition) is 2. The van der Waals surface area contributed by atoms with Crippen LogP contribution < -0.4 is 10.6 Å². The Morgan fingerprint density at radius 3 is 2.55 bits per heavy atom. The van der Waals surface area contributed by atoms with E-state index in [-0.39, 0.29) is 6.04 Å². The Kier molecular flexibility index (Phi) is 5.83. The fourth-order valence-electron chi connectivity index (χ4n) is 1.66. The quantitative estimate of drug-likeness (QED) is 0.878. The predicted molar refractivity (Wildman–Crippen MR) is 71.5 cm³/mol. The van der Waals surface area contributed by atoms with E-state index in [4.69, 9.17) is 11.6 Å². The first-order chi connectivity index (χ1) is 9.19. The van der Waals surface area contributed by atoms with E-state index < -0.39 is 24.7 Å². The summed E-state index contributed by atoms with van der Waals surface area (Å²) in [7, 11) is 0. The first-order valence-corrected chi connectivity index (χ1v) is 6.43. The standard InChI is InChI=1S/C13H16ClF3N2O/c1-8(10-4-3-5-11(14)6-10)19-9(2)12(20)18-7-13(15,16)17/h3-6,8-9,19H,7H2,1-2H3,(H,18,20)/t8-,9?/m1/s1. The van der Waals surface area contributed by atoms with Crippen LogP contribution in [-0.2, 0) is 4.79 Å². The highest BCUT2D eigenvalue weighted by Gasteiger charge is 2.28. The molecule has 0 heterocycles. The number of carbonyl (C=O) groups excluding carboxylic acids is 1. The van der Waals surface area contributed by atoms with Gasteiger partial charge in [-0.3, -0.25) is 10.1 Å². The van der Waals surface area contributed by atoms with Gasteiger partial charge in [0.25, 0.3) is 0 Å². The Bertz CT molecular complexity index is 465. The van der Waals surface area contributed by atoms with Crippen molar-refractivity contribution in [3.05, 3.63) is 34.9 Å². The molecular weight excluding hydrogens is 293 g/mol. The fraction of sp³-hybridized carbons (Fsp3) is 0.462. The second-order valence-corrected chi connectivity index (χ2v) is 4.93. The van der Waals surface area contributed by atoms with Gasteiger partial charge in [0.1, 0.15) is 6.54 Å². The van der Waals surface area contributed by atoms with E-state index in [2.05, 4.69) is 5.32 Å². The van der Waals surface area contributed by atoms with Crippen LogP contribution in [0.25, 0.3) is 0 Å². The summed E-state index contributed by atoms with van der Waals surface area (Å²) in [6, 6.07) is 6.09. The lowest BCUT2D eigenvalue weighted by Gasteiger charge is -2.20. The van der Waals surface area contributed by atoms with Gasteiger partial charge in [-0.05, 0) is 31.5 Å². The maximum Gasteiger partial charge on any atom is 0.405 e. The zero-order valence-corrected chi connectivity index (χ0v) is 11.8. The summed E-state index contributed by atoms with van der Waals surface area (Å²) in [5, 5.41) is 5.32. The van der Waals surface area contributed by atoms with Gasteiger partial charge in [-0.2, -0.15) is 13.2 Å². The number of benzene rings is 1. The molecule has 2 N–H and O–H groups in total. The summed E-state index contributed by atoms with van der Waals surface area (Å²) in [5.74, 6) is -0.698. The minimum atomic E-state index is -4.41. The molecule has 1 rings (SSSR count). The van der Waals surface area contributed by atoms with E-state index in [1.54, 1.807) is 25.1 Å². The smallest absolute Gasteiger partial charge is 0.346 e. The topological polar surface area (TPSA) is 41.1 Å². The third-order valence-corrected chi connectivity index (χ3v) is 2.94. The maximum atomic E-state index is 12.0. The molecule has 3 nitrogen and oxygen atoms in total. The maximum absolute atomic E-state index is 12.0. The van der Waals surface area contributed by atoms with E-state index in [1.165, 1.54) is 6.92 Å². The number of hydrogen-bond acceptors (Lipinski definition) is 2. The van der Waals surface area contributed by atoms with Crippen LogP contribution >= 0.6 is 11.6 Å². The highest BCUT2D eigenvalue weighted by molar-refractivity contribution is 6.30. The SMILES string of the molecule is CC(N[C@H](C)c1cccc(Cl)c1)C(=O)NCC(F)(F)F. The van der Waals surface area contributed by atoms with E-state index >= 15 is 0 Å². The lowest BCUT2D eigenvalue weighted by molar-refractivity contribution is -0.139. The molecule has 0 aliphatic heterocycles. The van der Waals surface area contributed by atoms with Crippen LogP contribution in [0.4, 0.5) is 13.2 Å². The van der Waals surface area contributed by atoms with Gasteiger partial charge in [-0.15, -0.1) is 0 Å². The molecule has 0 fully saturated rings. The number of carbonyl (C=O) groups is 1. The Balaban J connectivity index is 2.53. The van der Waals surface area contributed by atoms with E-state index in [9.17, 15) is 18.0 Å². The van der Waals surface area contributed by atoms with Crippen LogP contribution in [0.15, 0.2) is 24.3 Å². The second-order valence-electron chi connectivity index (χ2n) is 4.50. The molecule has 0 aromatic heterocycles. The van der Waals surface area contributed by atoms with Crippen LogP contribution in [0, 0.1) is 0 Å². The van der Waals surface area contributed by atoms with Crippen LogP contribution in [0.1, 0.15) is 25.5 Å². The van der Waals surface area contributed by atoms with Crippen LogP contribution in [-0.4, -0.2) is 24.7 Å². The Labute approximate surface area is 120 Å². The molecule has 0 saturated carbocycles.